The largest absolute Gasteiger partial charge is 0.461 e. The highest BCUT2D eigenvalue weighted by molar-refractivity contribution is 7.23. The Kier molecular flexibility index (Phi) is 8.62. The SMILES string of the molecule is [C-]#[N+]c1c(N)sc2c(F)ccc(-c3ccc4c(N(C)C5CCN(C(=O)C=C)[C@@H]5COC)nc(OC[C@@]56CCCN5C[C@H](F)C6)nc4c3F)c12. The summed E-state index contributed by atoms with van der Waals surface area (Å²) in [4.78, 5) is 31.4. The number of benzene rings is 2. The zero-order valence-corrected chi connectivity index (χ0v) is 28.0. The minimum atomic E-state index is -0.955. The zero-order valence-electron chi connectivity index (χ0n) is 27.2. The van der Waals surface area contributed by atoms with Gasteiger partial charge in [0.1, 0.15) is 29.9 Å². The van der Waals surface area contributed by atoms with Crippen LogP contribution in [0.1, 0.15) is 25.7 Å². The van der Waals surface area contributed by atoms with Crippen LogP contribution in [0.25, 0.3) is 37.0 Å². The molecule has 0 saturated carbocycles. The van der Waals surface area contributed by atoms with Crippen molar-refractivity contribution in [3.05, 3.63) is 60.0 Å². The van der Waals surface area contributed by atoms with Crippen LogP contribution in [0.5, 0.6) is 6.01 Å². The van der Waals surface area contributed by atoms with E-state index in [1.54, 1.807) is 24.1 Å². The third kappa shape index (κ3) is 5.44. The molecule has 7 rings (SSSR count). The molecule has 10 nitrogen and oxygen atoms in total. The summed E-state index contributed by atoms with van der Waals surface area (Å²) in [5.41, 5.74) is 6.03. The highest BCUT2D eigenvalue weighted by atomic mass is 32.1. The van der Waals surface area contributed by atoms with Crippen molar-refractivity contribution in [2.75, 3.05) is 57.6 Å². The zero-order chi connectivity index (χ0) is 34.6. The first-order valence-electron chi connectivity index (χ1n) is 16.2. The Hall–Kier alpha value is -4.45. The summed E-state index contributed by atoms with van der Waals surface area (Å²) in [6.07, 6.45) is 2.95. The summed E-state index contributed by atoms with van der Waals surface area (Å²) in [7, 11) is 3.40. The average Bonchev–Trinajstić information content (AvgIpc) is 3.85. The highest BCUT2D eigenvalue weighted by Crippen LogP contribution is 2.48. The number of fused-ring (bicyclic) bond motifs is 3. The predicted octanol–water partition coefficient (Wildman–Crippen LogP) is 6.12. The number of carbonyl (C=O) groups is 1. The predicted molar refractivity (Wildman–Crippen MR) is 184 cm³/mol. The quantitative estimate of drug-likeness (QED) is 0.166. The maximum absolute atomic E-state index is 16.9. The fourth-order valence-electron chi connectivity index (χ4n) is 8.03. The van der Waals surface area contributed by atoms with Crippen molar-refractivity contribution in [3.8, 4) is 17.1 Å². The number of likely N-dealkylation sites (tertiary alicyclic amines) is 1. The summed E-state index contributed by atoms with van der Waals surface area (Å²) in [5.74, 6) is -1.10. The van der Waals surface area contributed by atoms with Crippen molar-refractivity contribution in [1.29, 1.82) is 0 Å². The number of rotatable bonds is 9. The van der Waals surface area contributed by atoms with E-state index in [0.29, 0.717) is 42.7 Å². The summed E-state index contributed by atoms with van der Waals surface area (Å²) in [6, 6.07) is 5.27. The fraction of sp³-hybridized carbons (Fsp3) is 0.429. The number of halogens is 3. The number of nitrogens with zero attached hydrogens (tertiary/aromatic N) is 6. The Balaban J connectivity index is 1.36. The second-order valence-corrected chi connectivity index (χ2v) is 14.0. The molecule has 0 bridgehead atoms. The van der Waals surface area contributed by atoms with Gasteiger partial charge in [-0.25, -0.2) is 18.0 Å². The summed E-state index contributed by atoms with van der Waals surface area (Å²) >= 11 is 0.944. The molecule has 4 atom stereocenters. The van der Waals surface area contributed by atoms with Crippen LogP contribution in [0.15, 0.2) is 36.9 Å². The molecule has 0 spiro atoms. The first kappa shape index (κ1) is 33.1. The van der Waals surface area contributed by atoms with Crippen LogP contribution in [0.4, 0.5) is 29.7 Å². The molecule has 3 saturated heterocycles. The normalized spacial score (nSPS) is 23.7. The number of nitrogens with two attached hydrogens (primary N) is 1. The third-order valence-corrected chi connectivity index (χ3v) is 11.3. The van der Waals surface area contributed by atoms with Crippen molar-refractivity contribution in [2.24, 2.45) is 0 Å². The fourth-order valence-corrected chi connectivity index (χ4v) is 8.97. The molecule has 0 radical (unpaired) electrons. The van der Waals surface area contributed by atoms with Gasteiger partial charge in [0.05, 0.1) is 40.5 Å². The molecule has 5 heterocycles. The molecule has 49 heavy (non-hydrogen) atoms. The second-order valence-electron chi connectivity index (χ2n) is 13.0. The van der Waals surface area contributed by atoms with E-state index in [9.17, 15) is 13.6 Å². The van der Waals surface area contributed by atoms with Gasteiger partial charge in [0.2, 0.25) is 11.6 Å². The van der Waals surface area contributed by atoms with Crippen LogP contribution in [0.3, 0.4) is 0 Å². The van der Waals surface area contributed by atoms with Crippen molar-refractivity contribution in [3.63, 3.8) is 0 Å². The summed E-state index contributed by atoms with van der Waals surface area (Å²) in [6.45, 7) is 13.3. The molecule has 3 aliphatic rings. The first-order chi connectivity index (χ1) is 23.6. The molecule has 0 aliphatic carbocycles. The van der Waals surface area contributed by atoms with Crippen molar-refractivity contribution in [1.82, 2.24) is 19.8 Å². The van der Waals surface area contributed by atoms with E-state index in [1.807, 2.05) is 11.9 Å². The number of thiophene rings is 1. The number of nitrogen functional groups attached to an aromatic ring is 1. The van der Waals surface area contributed by atoms with E-state index >= 15 is 4.39 Å². The van der Waals surface area contributed by atoms with Gasteiger partial charge in [0, 0.05) is 50.0 Å². The summed E-state index contributed by atoms with van der Waals surface area (Å²) in [5, 5.41) is 0.773. The molecule has 2 N–H and O–H groups in total. The smallest absolute Gasteiger partial charge is 0.319 e. The molecule has 3 aliphatic heterocycles. The third-order valence-electron chi connectivity index (χ3n) is 10.3. The molecule has 2 aromatic carbocycles. The number of hydrogen-bond donors (Lipinski definition) is 1. The van der Waals surface area contributed by atoms with Crippen LogP contribution in [0, 0.1) is 18.2 Å². The van der Waals surface area contributed by atoms with E-state index in [1.165, 1.54) is 18.2 Å². The summed E-state index contributed by atoms with van der Waals surface area (Å²) < 4.78 is 58.3. The Morgan fingerprint density at radius 3 is 2.82 bits per heavy atom. The van der Waals surface area contributed by atoms with Gasteiger partial charge in [-0.2, -0.15) is 9.97 Å². The van der Waals surface area contributed by atoms with Gasteiger partial charge in [0.15, 0.2) is 5.82 Å². The molecule has 4 aromatic rings. The maximum Gasteiger partial charge on any atom is 0.319 e. The second kappa shape index (κ2) is 12.8. The number of aromatic nitrogens is 2. The van der Waals surface area contributed by atoms with Crippen molar-refractivity contribution >= 4 is 54.7 Å². The van der Waals surface area contributed by atoms with Gasteiger partial charge < -0.3 is 25.0 Å². The van der Waals surface area contributed by atoms with E-state index in [0.717, 1.165) is 30.7 Å². The lowest BCUT2D eigenvalue weighted by atomic mass is 9.95. The van der Waals surface area contributed by atoms with Crippen LogP contribution in [-0.2, 0) is 9.53 Å². The number of anilines is 2. The Morgan fingerprint density at radius 1 is 1.27 bits per heavy atom. The minimum Gasteiger partial charge on any atom is -0.461 e. The van der Waals surface area contributed by atoms with E-state index < -0.39 is 23.3 Å². The highest BCUT2D eigenvalue weighted by Gasteiger charge is 2.49. The Bertz CT molecular complexity index is 2020. The van der Waals surface area contributed by atoms with Gasteiger partial charge in [-0.1, -0.05) is 18.7 Å². The number of alkyl halides is 1. The number of methoxy groups -OCH3 is 1. The van der Waals surface area contributed by atoms with E-state index in [-0.39, 0.29) is 69.1 Å². The number of hydrogen-bond acceptors (Lipinski definition) is 9. The van der Waals surface area contributed by atoms with Crippen LogP contribution in [0.2, 0.25) is 0 Å². The monoisotopic (exact) mass is 691 g/mol. The number of likely N-dealkylation sites (N-methyl/N-ethyl adjacent to an activating group) is 1. The molecular weight excluding hydrogens is 655 g/mol. The lowest BCUT2D eigenvalue weighted by molar-refractivity contribution is -0.127. The average molecular weight is 692 g/mol. The minimum absolute atomic E-state index is 0.0368. The molecule has 1 unspecified atom stereocenters. The first-order valence-corrected chi connectivity index (χ1v) is 17.0. The molecule has 256 valence electrons. The lowest BCUT2D eigenvalue weighted by Crippen LogP contribution is -2.48. The van der Waals surface area contributed by atoms with E-state index in [2.05, 4.69) is 21.3 Å². The van der Waals surface area contributed by atoms with E-state index in [4.69, 9.17) is 26.8 Å². The van der Waals surface area contributed by atoms with Gasteiger partial charge in [0.25, 0.3) is 0 Å². The maximum atomic E-state index is 16.9. The van der Waals surface area contributed by atoms with Crippen molar-refractivity contribution < 1.29 is 27.4 Å². The van der Waals surface area contributed by atoms with Crippen LogP contribution < -0.4 is 15.4 Å². The topological polar surface area (TPSA) is 101 Å². The Labute approximate surface area is 285 Å². The van der Waals surface area contributed by atoms with Crippen molar-refractivity contribution in [2.45, 2.75) is 49.5 Å². The van der Waals surface area contributed by atoms with Crippen LogP contribution in [-0.4, -0.2) is 96.5 Å². The molecular formula is C35H36F3N7O3S. The van der Waals surface area contributed by atoms with Crippen LogP contribution >= 0.6 is 11.3 Å². The van der Waals surface area contributed by atoms with Gasteiger partial charge in [-0.3, -0.25) is 9.69 Å². The number of carbonyl (C=O) groups excluding carboxylic acids is 1. The molecule has 14 heteroatoms. The standard InChI is InChI=1S/C35H36F3N7O3S/c1-5-26(46)45-14-11-24(25(45)17-47-4)43(3)33-22-8-7-21(20-9-10-23(37)31-27(20)30(40-2)32(39)49-31)28(38)29(22)41-34(42-33)48-18-35-12-6-13-44(35)16-19(36)15-35/h5,7-10,19,24-25H,1,6,11-18,39H2,3-4H3/t19-,24?,25-,35+/m1/s1. The Morgan fingerprint density at radius 2 is 2.06 bits per heavy atom. The van der Waals surface area contributed by atoms with Gasteiger partial charge in [-0.15, -0.1) is 11.3 Å². The molecule has 3 fully saturated rings. The molecule has 2 aromatic heterocycles. The molecule has 1 amide bonds. The number of ether oxygens (including phenoxy) is 2. The lowest BCUT2D eigenvalue weighted by Gasteiger charge is -2.34. The van der Waals surface area contributed by atoms with Gasteiger partial charge >= 0.3 is 6.01 Å². The van der Waals surface area contributed by atoms with Gasteiger partial charge in [-0.05, 0) is 49.6 Å². The number of amides is 1.